The number of nitrogens with one attached hydrogen (secondary N) is 2. The first kappa shape index (κ1) is 19.0. The Morgan fingerprint density at radius 3 is 2.50 bits per heavy atom. The molecule has 6 nitrogen and oxygen atoms in total. The van der Waals surface area contributed by atoms with Crippen molar-refractivity contribution in [2.75, 3.05) is 18.5 Å². The van der Waals surface area contributed by atoms with Gasteiger partial charge in [0, 0.05) is 17.0 Å². The average Bonchev–Trinajstić information content (AvgIpc) is 2.71. The molecule has 0 heterocycles. The highest BCUT2D eigenvalue weighted by molar-refractivity contribution is 6.04. The molecule has 3 aromatic carbocycles. The van der Waals surface area contributed by atoms with Gasteiger partial charge in [-0.05, 0) is 23.1 Å². The molecule has 0 saturated carbocycles. The van der Waals surface area contributed by atoms with Gasteiger partial charge in [-0.25, -0.2) is 9.59 Å². The van der Waals surface area contributed by atoms with E-state index >= 15 is 0 Å². The minimum atomic E-state index is -0.535. The number of amides is 2. The Hall–Kier alpha value is -3.80. The molecule has 0 bridgehead atoms. The second-order valence-electron chi connectivity index (χ2n) is 5.98. The molecule has 0 spiro atoms. The highest BCUT2D eigenvalue weighted by Gasteiger charge is 2.11. The lowest BCUT2D eigenvalue weighted by molar-refractivity contribution is -0.137. The molecule has 0 atom stereocenters. The molecule has 0 aliphatic rings. The van der Waals surface area contributed by atoms with Gasteiger partial charge >= 0.3 is 12.0 Å². The smallest absolute Gasteiger partial charge is 0.330 e. The Balaban J connectivity index is 1.79. The number of hydrogen-bond acceptors (Lipinski definition) is 4. The highest BCUT2D eigenvalue weighted by atomic mass is 16.5. The molecule has 0 unspecified atom stereocenters. The van der Waals surface area contributed by atoms with E-state index in [2.05, 4.69) is 17.2 Å². The van der Waals surface area contributed by atoms with Crippen molar-refractivity contribution >= 4 is 28.5 Å². The number of esters is 1. The molecule has 2 amide bonds. The van der Waals surface area contributed by atoms with Gasteiger partial charge in [0.1, 0.15) is 12.4 Å². The van der Waals surface area contributed by atoms with Gasteiger partial charge in [-0.3, -0.25) is 0 Å². The number of ether oxygens (including phenoxy) is 1. The van der Waals surface area contributed by atoms with Crippen LogP contribution in [0.2, 0.25) is 0 Å². The zero-order valence-corrected chi connectivity index (χ0v) is 15.1. The second kappa shape index (κ2) is 8.73. The van der Waals surface area contributed by atoms with E-state index in [1.165, 1.54) is 0 Å². The minimum absolute atomic E-state index is 0.0581. The van der Waals surface area contributed by atoms with Crippen LogP contribution in [0.4, 0.5) is 10.5 Å². The van der Waals surface area contributed by atoms with E-state index in [-0.39, 0.29) is 18.9 Å². The van der Waals surface area contributed by atoms with Crippen molar-refractivity contribution < 1.29 is 19.4 Å². The topological polar surface area (TPSA) is 87.7 Å². The Kier molecular flexibility index (Phi) is 5.91. The van der Waals surface area contributed by atoms with Crippen molar-refractivity contribution in [2.45, 2.75) is 0 Å². The summed E-state index contributed by atoms with van der Waals surface area (Å²) in [6, 6.07) is 18.0. The molecule has 0 saturated heterocycles. The van der Waals surface area contributed by atoms with E-state index in [1.54, 1.807) is 18.2 Å². The molecule has 0 aliphatic carbocycles. The van der Waals surface area contributed by atoms with E-state index in [4.69, 9.17) is 4.74 Å². The van der Waals surface area contributed by atoms with Crippen LogP contribution < -0.4 is 10.6 Å². The van der Waals surface area contributed by atoms with Gasteiger partial charge in [0.25, 0.3) is 0 Å². The summed E-state index contributed by atoms with van der Waals surface area (Å²) in [4.78, 5) is 23.2. The average molecular weight is 376 g/mol. The summed E-state index contributed by atoms with van der Waals surface area (Å²) < 4.78 is 4.82. The summed E-state index contributed by atoms with van der Waals surface area (Å²) in [6.07, 6.45) is 1.07. The molecule has 142 valence electrons. The van der Waals surface area contributed by atoms with Crippen LogP contribution in [0.15, 0.2) is 73.3 Å². The highest BCUT2D eigenvalue weighted by Crippen LogP contribution is 2.36. The van der Waals surface area contributed by atoms with E-state index in [1.807, 2.05) is 42.5 Å². The lowest BCUT2D eigenvalue weighted by atomic mass is 9.96. The number of phenols is 1. The lowest BCUT2D eigenvalue weighted by Gasteiger charge is -2.14. The van der Waals surface area contributed by atoms with Gasteiger partial charge in [0.2, 0.25) is 0 Å². The van der Waals surface area contributed by atoms with Crippen molar-refractivity contribution in [2.24, 2.45) is 0 Å². The van der Waals surface area contributed by atoms with Crippen molar-refractivity contribution in [3.63, 3.8) is 0 Å². The van der Waals surface area contributed by atoms with Crippen molar-refractivity contribution in [3.05, 3.63) is 73.3 Å². The fraction of sp³-hybridized carbons (Fsp3) is 0.0909. The summed E-state index contributed by atoms with van der Waals surface area (Å²) in [7, 11) is 0. The number of carbonyl (C=O) groups is 2. The first-order valence-corrected chi connectivity index (χ1v) is 8.74. The molecule has 0 fully saturated rings. The third-order valence-corrected chi connectivity index (χ3v) is 4.16. The maximum atomic E-state index is 12.2. The maximum absolute atomic E-state index is 12.2. The molecule has 0 radical (unpaired) electrons. The largest absolute Gasteiger partial charge is 0.507 e. The molecular formula is C22H20N2O4. The van der Waals surface area contributed by atoms with Crippen LogP contribution in [-0.2, 0) is 9.53 Å². The fourth-order valence-electron chi connectivity index (χ4n) is 2.90. The van der Waals surface area contributed by atoms with Gasteiger partial charge < -0.3 is 20.5 Å². The minimum Gasteiger partial charge on any atom is -0.507 e. The normalized spacial score (nSPS) is 10.3. The quantitative estimate of drug-likeness (QED) is 0.344. The van der Waals surface area contributed by atoms with Crippen molar-refractivity contribution in [1.29, 1.82) is 0 Å². The van der Waals surface area contributed by atoms with Gasteiger partial charge in [-0.2, -0.15) is 0 Å². The van der Waals surface area contributed by atoms with Crippen molar-refractivity contribution in [3.8, 4) is 16.9 Å². The first-order valence-electron chi connectivity index (χ1n) is 8.74. The molecule has 6 heteroatoms. The van der Waals surface area contributed by atoms with Gasteiger partial charge in [0.05, 0.1) is 12.2 Å². The van der Waals surface area contributed by atoms with E-state index in [0.717, 1.165) is 28.0 Å². The maximum Gasteiger partial charge on any atom is 0.330 e. The lowest BCUT2D eigenvalue weighted by Crippen LogP contribution is -2.32. The predicted octanol–water partition coefficient (Wildman–Crippen LogP) is 4.06. The standard InChI is InChI=1S/C22H20N2O4/c1-2-21(26)28-14-13-23-22(27)24-19-11-4-3-7-17(19)15-8-5-10-18-16(15)9-6-12-20(18)25/h2-12,25H,1,13-14H2,(H2,23,24,27). The molecule has 0 aromatic heterocycles. The van der Waals surface area contributed by atoms with Gasteiger partial charge in [-0.1, -0.05) is 55.1 Å². The molecule has 3 N–H and O–H groups in total. The number of rotatable bonds is 6. The van der Waals surface area contributed by atoms with E-state index < -0.39 is 12.0 Å². The Morgan fingerprint density at radius 2 is 1.68 bits per heavy atom. The summed E-state index contributed by atoms with van der Waals surface area (Å²) >= 11 is 0. The van der Waals surface area contributed by atoms with Crippen LogP contribution >= 0.6 is 0 Å². The monoisotopic (exact) mass is 376 g/mol. The van der Waals surface area contributed by atoms with Crippen LogP contribution in [0.5, 0.6) is 5.75 Å². The summed E-state index contributed by atoms with van der Waals surface area (Å²) in [5.74, 6) is -0.330. The van der Waals surface area contributed by atoms with Crippen molar-refractivity contribution in [1.82, 2.24) is 5.32 Å². The predicted molar refractivity (Wildman–Crippen MR) is 109 cm³/mol. The SMILES string of the molecule is C=CC(=O)OCCNC(=O)Nc1ccccc1-c1cccc2c(O)cccc12. The van der Waals surface area contributed by atoms with Crippen LogP contribution in [0.3, 0.4) is 0 Å². The molecule has 3 rings (SSSR count). The number of benzene rings is 3. The molecular weight excluding hydrogens is 356 g/mol. The number of anilines is 1. The van der Waals surface area contributed by atoms with Crippen LogP contribution in [0, 0.1) is 0 Å². The van der Waals surface area contributed by atoms with Crippen LogP contribution in [0.1, 0.15) is 0 Å². The number of urea groups is 1. The number of para-hydroxylation sites is 1. The third-order valence-electron chi connectivity index (χ3n) is 4.16. The van der Waals surface area contributed by atoms with Crippen LogP contribution in [0.25, 0.3) is 21.9 Å². The number of hydrogen-bond donors (Lipinski definition) is 3. The number of phenolic OH excluding ortho intramolecular Hbond substituents is 1. The van der Waals surface area contributed by atoms with Gasteiger partial charge in [-0.15, -0.1) is 0 Å². The Labute approximate surface area is 162 Å². The molecule has 28 heavy (non-hydrogen) atoms. The Bertz CT molecular complexity index is 1030. The number of aromatic hydroxyl groups is 1. The van der Waals surface area contributed by atoms with E-state index in [9.17, 15) is 14.7 Å². The summed E-state index contributed by atoms with van der Waals surface area (Å²) in [5, 5.41) is 17.2. The zero-order valence-electron chi connectivity index (χ0n) is 15.1. The second-order valence-corrected chi connectivity index (χ2v) is 5.98. The molecule has 0 aliphatic heterocycles. The Morgan fingerprint density at radius 1 is 0.964 bits per heavy atom. The zero-order chi connectivity index (χ0) is 19.9. The van der Waals surface area contributed by atoms with Crippen LogP contribution in [-0.4, -0.2) is 30.3 Å². The van der Waals surface area contributed by atoms with Gasteiger partial charge in [0.15, 0.2) is 0 Å². The number of fused-ring (bicyclic) bond motifs is 1. The summed E-state index contributed by atoms with van der Waals surface area (Å²) in [6.45, 7) is 3.54. The summed E-state index contributed by atoms with van der Waals surface area (Å²) in [5.41, 5.74) is 2.34. The van der Waals surface area contributed by atoms with E-state index in [0.29, 0.717) is 5.69 Å². The molecule has 3 aromatic rings. The fourth-order valence-corrected chi connectivity index (χ4v) is 2.90. The first-order chi connectivity index (χ1) is 13.6. The number of carbonyl (C=O) groups excluding carboxylic acids is 2. The third kappa shape index (κ3) is 4.29.